The van der Waals surface area contributed by atoms with Gasteiger partial charge in [0.2, 0.25) is 0 Å². The van der Waals surface area contributed by atoms with Crippen molar-refractivity contribution >= 4 is 0 Å². The molecular formula is C13H25N5. The molecule has 102 valence electrons. The van der Waals surface area contributed by atoms with E-state index in [4.69, 9.17) is 0 Å². The zero-order valence-corrected chi connectivity index (χ0v) is 11.8. The van der Waals surface area contributed by atoms with E-state index in [1.165, 1.54) is 19.5 Å². The predicted octanol–water partition coefficient (Wildman–Crippen LogP) is 0.883. The Balaban J connectivity index is 1.70. The van der Waals surface area contributed by atoms with Crippen LogP contribution < -0.4 is 5.32 Å². The summed E-state index contributed by atoms with van der Waals surface area (Å²) >= 11 is 0. The summed E-state index contributed by atoms with van der Waals surface area (Å²) in [6.07, 6.45) is 3.07. The van der Waals surface area contributed by atoms with Gasteiger partial charge in [-0.25, -0.2) is 0 Å². The Bertz CT molecular complexity index is 360. The smallest absolute Gasteiger partial charge is 0.146 e. The monoisotopic (exact) mass is 251 g/mol. The van der Waals surface area contributed by atoms with Gasteiger partial charge < -0.3 is 9.88 Å². The molecule has 1 fully saturated rings. The van der Waals surface area contributed by atoms with Crippen LogP contribution in [0.1, 0.15) is 26.1 Å². The van der Waals surface area contributed by atoms with Crippen molar-refractivity contribution in [3.8, 4) is 0 Å². The van der Waals surface area contributed by atoms with Crippen LogP contribution >= 0.6 is 0 Å². The molecule has 0 radical (unpaired) electrons. The van der Waals surface area contributed by atoms with Crippen molar-refractivity contribution in [1.82, 2.24) is 25.0 Å². The normalized spacial score (nSPS) is 21.0. The third-order valence-corrected chi connectivity index (χ3v) is 3.53. The maximum absolute atomic E-state index is 4.15. The molecule has 1 saturated heterocycles. The maximum Gasteiger partial charge on any atom is 0.146 e. The van der Waals surface area contributed by atoms with Crippen LogP contribution in [0.2, 0.25) is 0 Å². The second-order valence-electron chi connectivity index (χ2n) is 5.80. The van der Waals surface area contributed by atoms with Crippen LogP contribution in [0.3, 0.4) is 0 Å². The fourth-order valence-corrected chi connectivity index (χ4v) is 2.45. The zero-order chi connectivity index (χ0) is 13.0. The Hall–Kier alpha value is -0.940. The fraction of sp³-hybridized carbons (Fsp3) is 0.846. The van der Waals surface area contributed by atoms with Crippen LogP contribution in [-0.4, -0.2) is 45.8 Å². The first-order chi connectivity index (χ1) is 8.65. The molecule has 0 bridgehead atoms. The molecule has 0 saturated carbocycles. The summed E-state index contributed by atoms with van der Waals surface area (Å²) in [5.41, 5.74) is 0. The molecule has 1 unspecified atom stereocenters. The van der Waals surface area contributed by atoms with Gasteiger partial charge in [0, 0.05) is 13.6 Å². The molecule has 0 aromatic carbocycles. The lowest BCUT2D eigenvalue weighted by molar-refractivity contribution is 0.302. The van der Waals surface area contributed by atoms with E-state index in [9.17, 15) is 0 Å². The Labute approximate surface area is 110 Å². The number of likely N-dealkylation sites (tertiary alicyclic amines) is 1. The highest BCUT2D eigenvalue weighted by Crippen LogP contribution is 2.17. The number of aromatic nitrogens is 3. The van der Waals surface area contributed by atoms with E-state index >= 15 is 0 Å². The summed E-state index contributed by atoms with van der Waals surface area (Å²) in [5, 5.41) is 11.6. The first-order valence-corrected chi connectivity index (χ1v) is 6.91. The van der Waals surface area contributed by atoms with Crippen molar-refractivity contribution in [2.45, 2.75) is 26.8 Å². The van der Waals surface area contributed by atoms with Crippen molar-refractivity contribution < 1.29 is 0 Å². The number of hydrogen-bond acceptors (Lipinski definition) is 4. The lowest BCUT2D eigenvalue weighted by Gasteiger charge is -2.16. The Kier molecular flexibility index (Phi) is 4.72. The minimum Gasteiger partial charge on any atom is -0.320 e. The Morgan fingerprint density at radius 3 is 3.00 bits per heavy atom. The Morgan fingerprint density at radius 1 is 1.50 bits per heavy atom. The highest BCUT2D eigenvalue weighted by molar-refractivity contribution is 4.87. The minimum absolute atomic E-state index is 0.737. The first-order valence-electron chi connectivity index (χ1n) is 6.91. The quantitative estimate of drug-likeness (QED) is 0.815. The molecule has 0 aliphatic carbocycles. The number of nitrogens with zero attached hydrogens (tertiary/aromatic N) is 4. The van der Waals surface area contributed by atoms with Crippen LogP contribution in [0.4, 0.5) is 0 Å². The van der Waals surface area contributed by atoms with E-state index in [0.717, 1.165) is 37.3 Å². The number of hydrogen-bond donors (Lipinski definition) is 1. The molecule has 5 heteroatoms. The maximum atomic E-state index is 4.15. The second kappa shape index (κ2) is 6.29. The summed E-state index contributed by atoms with van der Waals surface area (Å²) in [7, 11) is 2.01. The topological polar surface area (TPSA) is 46.0 Å². The lowest BCUT2D eigenvalue weighted by Crippen LogP contribution is -2.29. The van der Waals surface area contributed by atoms with Crippen LogP contribution in [0.15, 0.2) is 6.33 Å². The van der Waals surface area contributed by atoms with Gasteiger partial charge in [-0.1, -0.05) is 13.8 Å². The van der Waals surface area contributed by atoms with E-state index in [1.807, 2.05) is 11.6 Å². The van der Waals surface area contributed by atoms with E-state index in [0.29, 0.717) is 0 Å². The van der Waals surface area contributed by atoms with Crippen LogP contribution in [0.25, 0.3) is 0 Å². The third kappa shape index (κ3) is 3.78. The van der Waals surface area contributed by atoms with Gasteiger partial charge in [-0.2, -0.15) is 0 Å². The average molecular weight is 251 g/mol. The van der Waals surface area contributed by atoms with Crippen molar-refractivity contribution in [2.75, 3.05) is 26.2 Å². The SMILES string of the molecule is CC(C)CNCC1CCN(Cc2nncn2C)C1. The molecule has 1 atom stereocenters. The molecule has 0 spiro atoms. The largest absolute Gasteiger partial charge is 0.320 e. The van der Waals surface area contributed by atoms with Crippen molar-refractivity contribution in [2.24, 2.45) is 18.9 Å². The van der Waals surface area contributed by atoms with Gasteiger partial charge in [0.05, 0.1) is 6.54 Å². The standard InChI is InChI=1S/C13H25N5/c1-11(2)6-14-7-12-4-5-18(8-12)9-13-16-15-10-17(13)3/h10-12,14H,4-9H2,1-3H3. The minimum atomic E-state index is 0.737. The van der Waals surface area contributed by atoms with Crippen molar-refractivity contribution in [3.05, 3.63) is 12.2 Å². The van der Waals surface area contributed by atoms with Crippen molar-refractivity contribution in [1.29, 1.82) is 0 Å². The van der Waals surface area contributed by atoms with Gasteiger partial charge in [-0.05, 0) is 37.9 Å². The summed E-state index contributed by atoms with van der Waals surface area (Å²) in [6, 6.07) is 0. The first kappa shape index (κ1) is 13.5. The second-order valence-corrected chi connectivity index (χ2v) is 5.80. The van der Waals surface area contributed by atoms with E-state index in [-0.39, 0.29) is 0 Å². The summed E-state index contributed by atoms with van der Waals surface area (Å²) in [6.45, 7) is 10.1. The van der Waals surface area contributed by atoms with Gasteiger partial charge >= 0.3 is 0 Å². The van der Waals surface area contributed by atoms with Crippen LogP contribution in [0.5, 0.6) is 0 Å². The summed E-state index contributed by atoms with van der Waals surface area (Å²) < 4.78 is 2.00. The molecule has 0 amide bonds. The van der Waals surface area contributed by atoms with E-state index < -0.39 is 0 Å². The number of rotatable bonds is 6. The predicted molar refractivity (Wildman–Crippen MR) is 72.1 cm³/mol. The van der Waals surface area contributed by atoms with E-state index in [1.54, 1.807) is 6.33 Å². The lowest BCUT2D eigenvalue weighted by atomic mass is 10.1. The summed E-state index contributed by atoms with van der Waals surface area (Å²) in [4.78, 5) is 2.48. The molecule has 1 aliphatic heterocycles. The molecule has 5 nitrogen and oxygen atoms in total. The molecule has 2 heterocycles. The molecule has 1 aliphatic rings. The molecule has 18 heavy (non-hydrogen) atoms. The van der Waals surface area contributed by atoms with E-state index in [2.05, 4.69) is 34.3 Å². The zero-order valence-electron chi connectivity index (χ0n) is 11.8. The average Bonchev–Trinajstić information content (AvgIpc) is 2.90. The third-order valence-electron chi connectivity index (χ3n) is 3.53. The molecule has 2 rings (SSSR count). The molecule has 1 N–H and O–H groups in total. The van der Waals surface area contributed by atoms with Gasteiger partial charge in [0.1, 0.15) is 12.2 Å². The highest BCUT2D eigenvalue weighted by atomic mass is 15.3. The van der Waals surface area contributed by atoms with Crippen LogP contribution in [0, 0.1) is 11.8 Å². The number of nitrogens with one attached hydrogen (secondary N) is 1. The van der Waals surface area contributed by atoms with Crippen molar-refractivity contribution in [3.63, 3.8) is 0 Å². The highest BCUT2D eigenvalue weighted by Gasteiger charge is 2.23. The van der Waals surface area contributed by atoms with Gasteiger partial charge in [-0.15, -0.1) is 10.2 Å². The molecule has 1 aromatic heterocycles. The number of aryl methyl sites for hydroxylation is 1. The van der Waals surface area contributed by atoms with Gasteiger partial charge in [0.15, 0.2) is 0 Å². The fourth-order valence-electron chi connectivity index (χ4n) is 2.45. The van der Waals surface area contributed by atoms with Gasteiger partial charge in [-0.3, -0.25) is 4.90 Å². The van der Waals surface area contributed by atoms with Crippen LogP contribution in [-0.2, 0) is 13.6 Å². The van der Waals surface area contributed by atoms with Gasteiger partial charge in [0.25, 0.3) is 0 Å². The summed E-state index contributed by atoms with van der Waals surface area (Å²) in [5.74, 6) is 2.59. The Morgan fingerprint density at radius 2 is 2.33 bits per heavy atom. The molecular weight excluding hydrogens is 226 g/mol. The molecule has 1 aromatic rings.